The van der Waals surface area contributed by atoms with Gasteiger partial charge in [0.05, 0.1) is 18.8 Å². The number of urea groups is 1. The summed E-state index contributed by atoms with van der Waals surface area (Å²) in [5.74, 6) is -1.04. The van der Waals surface area contributed by atoms with Gasteiger partial charge < -0.3 is 24.7 Å². The van der Waals surface area contributed by atoms with E-state index in [0.29, 0.717) is 32.5 Å². The van der Waals surface area contributed by atoms with Gasteiger partial charge in [-0.05, 0) is 26.2 Å². The highest BCUT2D eigenvalue weighted by Crippen LogP contribution is 2.22. The standard InChI is InChI=1S/C13H22N2O5/c1-13(19)3-2-5-14(6-4-13)12(18)15-7-8-20-10(9-15)11(16)17/h10,19H,2-9H2,1H3,(H,16,17). The van der Waals surface area contributed by atoms with Gasteiger partial charge in [0.15, 0.2) is 6.10 Å². The fraction of sp³-hybridized carbons (Fsp3) is 0.846. The van der Waals surface area contributed by atoms with Crippen molar-refractivity contribution in [3.05, 3.63) is 0 Å². The molecule has 7 nitrogen and oxygen atoms in total. The second kappa shape index (κ2) is 5.97. The van der Waals surface area contributed by atoms with Crippen molar-refractivity contribution in [1.82, 2.24) is 9.80 Å². The van der Waals surface area contributed by atoms with Crippen LogP contribution in [0.4, 0.5) is 4.79 Å². The van der Waals surface area contributed by atoms with E-state index in [2.05, 4.69) is 0 Å². The first-order valence-corrected chi connectivity index (χ1v) is 7.00. The maximum Gasteiger partial charge on any atom is 0.334 e. The highest BCUT2D eigenvalue weighted by Gasteiger charge is 2.33. The van der Waals surface area contributed by atoms with Crippen molar-refractivity contribution in [1.29, 1.82) is 0 Å². The first-order valence-electron chi connectivity index (χ1n) is 7.00. The van der Waals surface area contributed by atoms with Gasteiger partial charge in [0.25, 0.3) is 0 Å². The Bertz CT molecular complexity index is 385. The number of carbonyl (C=O) groups is 2. The fourth-order valence-corrected chi connectivity index (χ4v) is 2.63. The van der Waals surface area contributed by atoms with E-state index >= 15 is 0 Å². The van der Waals surface area contributed by atoms with Gasteiger partial charge in [-0.3, -0.25) is 0 Å². The maximum absolute atomic E-state index is 12.4. The van der Waals surface area contributed by atoms with E-state index in [9.17, 15) is 14.7 Å². The summed E-state index contributed by atoms with van der Waals surface area (Å²) < 4.78 is 5.11. The second-order valence-corrected chi connectivity index (χ2v) is 5.76. The van der Waals surface area contributed by atoms with E-state index in [1.165, 1.54) is 4.90 Å². The minimum atomic E-state index is -1.04. The predicted molar refractivity (Wildman–Crippen MR) is 70.4 cm³/mol. The van der Waals surface area contributed by atoms with Crippen molar-refractivity contribution < 1.29 is 24.5 Å². The van der Waals surface area contributed by atoms with Crippen LogP contribution < -0.4 is 0 Å². The molecule has 2 heterocycles. The molecule has 0 radical (unpaired) electrons. The van der Waals surface area contributed by atoms with Crippen LogP contribution in [-0.2, 0) is 9.53 Å². The van der Waals surface area contributed by atoms with E-state index in [1.807, 2.05) is 0 Å². The number of aliphatic carboxylic acids is 1. The zero-order valence-electron chi connectivity index (χ0n) is 11.7. The number of likely N-dealkylation sites (tertiary alicyclic amines) is 1. The van der Waals surface area contributed by atoms with Gasteiger partial charge in [0, 0.05) is 19.6 Å². The van der Waals surface area contributed by atoms with Crippen molar-refractivity contribution in [2.75, 3.05) is 32.8 Å². The fourth-order valence-electron chi connectivity index (χ4n) is 2.63. The molecule has 2 unspecified atom stereocenters. The molecule has 0 aromatic rings. The smallest absolute Gasteiger partial charge is 0.334 e. The Labute approximate surface area is 118 Å². The number of carbonyl (C=O) groups excluding carboxylic acids is 1. The molecular weight excluding hydrogens is 264 g/mol. The molecule has 0 saturated carbocycles. The van der Waals surface area contributed by atoms with Crippen molar-refractivity contribution in [2.45, 2.75) is 37.9 Å². The summed E-state index contributed by atoms with van der Waals surface area (Å²) in [6.07, 6.45) is 1.04. The van der Waals surface area contributed by atoms with Gasteiger partial charge in [0.1, 0.15) is 0 Å². The number of rotatable bonds is 1. The second-order valence-electron chi connectivity index (χ2n) is 5.76. The van der Waals surface area contributed by atoms with Crippen molar-refractivity contribution in [3.8, 4) is 0 Å². The molecule has 2 aliphatic heterocycles. The van der Waals surface area contributed by atoms with Gasteiger partial charge in [-0.15, -0.1) is 0 Å². The Morgan fingerprint density at radius 3 is 2.65 bits per heavy atom. The van der Waals surface area contributed by atoms with Crippen LogP contribution in [0, 0.1) is 0 Å². The van der Waals surface area contributed by atoms with E-state index in [-0.39, 0.29) is 19.2 Å². The van der Waals surface area contributed by atoms with Crippen molar-refractivity contribution in [3.63, 3.8) is 0 Å². The van der Waals surface area contributed by atoms with Gasteiger partial charge in [-0.2, -0.15) is 0 Å². The normalized spacial score (nSPS) is 31.8. The van der Waals surface area contributed by atoms with Crippen LogP contribution in [0.3, 0.4) is 0 Å². The summed E-state index contributed by atoms with van der Waals surface area (Å²) >= 11 is 0. The lowest BCUT2D eigenvalue weighted by molar-refractivity contribution is -0.154. The SMILES string of the molecule is CC1(O)CCCN(C(=O)N2CCOC(C(=O)O)C2)CC1. The molecule has 2 saturated heterocycles. The number of hydrogen-bond acceptors (Lipinski definition) is 4. The molecule has 2 atom stereocenters. The highest BCUT2D eigenvalue weighted by molar-refractivity contribution is 5.77. The molecule has 0 spiro atoms. The van der Waals surface area contributed by atoms with Crippen LogP contribution in [0.2, 0.25) is 0 Å². The quantitative estimate of drug-likeness (QED) is 0.715. The van der Waals surface area contributed by atoms with E-state index in [0.717, 1.165) is 6.42 Å². The number of carboxylic acid groups (broad SMARTS) is 1. The summed E-state index contributed by atoms with van der Waals surface area (Å²) in [7, 11) is 0. The predicted octanol–water partition coefficient (Wildman–Crippen LogP) is 0.129. The third-order valence-electron chi connectivity index (χ3n) is 3.95. The molecule has 2 N–H and O–H groups in total. The molecule has 2 rings (SSSR count). The molecule has 2 fully saturated rings. The lowest BCUT2D eigenvalue weighted by Crippen LogP contribution is -2.53. The molecule has 0 aromatic carbocycles. The Balaban J connectivity index is 1.95. The summed E-state index contributed by atoms with van der Waals surface area (Å²) in [4.78, 5) is 26.6. The number of ether oxygens (including phenoxy) is 1. The minimum Gasteiger partial charge on any atom is -0.479 e. The molecule has 7 heteroatoms. The first-order chi connectivity index (χ1) is 9.39. The average molecular weight is 286 g/mol. The summed E-state index contributed by atoms with van der Waals surface area (Å²) in [5.41, 5.74) is -0.719. The number of hydrogen-bond donors (Lipinski definition) is 2. The van der Waals surface area contributed by atoms with Crippen LogP contribution in [-0.4, -0.2) is 76.5 Å². The van der Waals surface area contributed by atoms with Crippen LogP contribution in [0.5, 0.6) is 0 Å². The third kappa shape index (κ3) is 3.61. The minimum absolute atomic E-state index is 0.0844. The first kappa shape index (κ1) is 15.1. The Kier molecular flexibility index (Phi) is 4.49. The summed E-state index contributed by atoms with van der Waals surface area (Å²) in [6.45, 7) is 3.63. The van der Waals surface area contributed by atoms with Gasteiger partial charge >= 0.3 is 12.0 Å². The van der Waals surface area contributed by atoms with E-state index < -0.39 is 17.7 Å². The zero-order valence-corrected chi connectivity index (χ0v) is 11.7. The van der Waals surface area contributed by atoms with Crippen LogP contribution in [0.15, 0.2) is 0 Å². The monoisotopic (exact) mass is 286 g/mol. The number of carboxylic acids is 1. The van der Waals surface area contributed by atoms with Gasteiger partial charge in [-0.1, -0.05) is 0 Å². The Morgan fingerprint density at radius 2 is 1.95 bits per heavy atom. The molecule has 0 bridgehead atoms. The number of aliphatic hydroxyl groups is 1. The zero-order chi connectivity index (χ0) is 14.8. The highest BCUT2D eigenvalue weighted by atomic mass is 16.5. The molecule has 2 amide bonds. The maximum atomic E-state index is 12.4. The summed E-state index contributed by atoms with van der Waals surface area (Å²) in [6, 6.07) is -0.155. The molecule has 20 heavy (non-hydrogen) atoms. The molecule has 114 valence electrons. The number of nitrogens with zero attached hydrogens (tertiary/aromatic N) is 2. The topological polar surface area (TPSA) is 90.3 Å². The lowest BCUT2D eigenvalue weighted by atomic mass is 9.98. The molecule has 0 aromatic heterocycles. The summed E-state index contributed by atoms with van der Waals surface area (Å²) in [5, 5.41) is 19.0. The Morgan fingerprint density at radius 1 is 1.20 bits per heavy atom. The number of amides is 2. The van der Waals surface area contributed by atoms with Gasteiger partial charge in [-0.25, -0.2) is 9.59 Å². The molecule has 0 aliphatic carbocycles. The number of morpholine rings is 1. The average Bonchev–Trinajstić information content (AvgIpc) is 2.59. The third-order valence-corrected chi connectivity index (χ3v) is 3.95. The lowest BCUT2D eigenvalue weighted by Gasteiger charge is -2.35. The van der Waals surface area contributed by atoms with Crippen LogP contribution in [0.25, 0.3) is 0 Å². The van der Waals surface area contributed by atoms with E-state index in [4.69, 9.17) is 9.84 Å². The van der Waals surface area contributed by atoms with Crippen molar-refractivity contribution in [2.24, 2.45) is 0 Å². The van der Waals surface area contributed by atoms with Crippen LogP contribution in [0.1, 0.15) is 26.2 Å². The van der Waals surface area contributed by atoms with Crippen LogP contribution >= 0.6 is 0 Å². The van der Waals surface area contributed by atoms with E-state index in [1.54, 1.807) is 11.8 Å². The largest absolute Gasteiger partial charge is 0.479 e. The van der Waals surface area contributed by atoms with Gasteiger partial charge in [0.2, 0.25) is 0 Å². The molecule has 2 aliphatic rings. The van der Waals surface area contributed by atoms with Crippen molar-refractivity contribution >= 4 is 12.0 Å². The Hall–Kier alpha value is -1.34. The molecular formula is C13H22N2O5.